The molecule has 0 aliphatic heterocycles. The van der Waals surface area contributed by atoms with Crippen molar-refractivity contribution in [1.29, 1.82) is 0 Å². The molecule has 2 aromatic rings. The Balaban J connectivity index is 2.40. The van der Waals surface area contributed by atoms with Gasteiger partial charge in [-0.2, -0.15) is 0 Å². The molecule has 1 aromatic heterocycles. The molecule has 0 aliphatic rings. The summed E-state index contributed by atoms with van der Waals surface area (Å²) < 4.78 is 13.5. The van der Waals surface area contributed by atoms with Gasteiger partial charge in [0.1, 0.15) is 11.9 Å². The summed E-state index contributed by atoms with van der Waals surface area (Å²) in [5.74, 6) is -0.400. The van der Waals surface area contributed by atoms with E-state index in [1.807, 2.05) is 6.92 Å². The lowest BCUT2D eigenvalue weighted by atomic mass is 10.0. The Morgan fingerprint density at radius 2 is 2.12 bits per heavy atom. The van der Waals surface area contributed by atoms with Crippen molar-refractivity contribution in [1.82, 2.24) is 0 Å². The zero-order chi connectivity index (χ0) is 11.7. The second-order valence-electron chi connectivity index (χ2n) is 3.59. The van der Waals surface area contributed by atoms with Gasteiger partial charge in [-0.05, 0) is 19.1 Å². The van der Waals surface area contributed by atoms with Crippen LogP contribution >= 0.6 is 22.9 Å². The summed E-state index contributed by atoms with van der Waals surface area (Å²) in [5.41, 5.74) is 1.21. The van der Waals surface area contributed by atoms with Crippen LogP contribution < -0.4 is 0 Å². The lowest BCUT2D eigenvalue weighted by molar-refractivity contribution is 0.218. The van der Waals surface area contributed by atoms with Crippen LogP contribution in [0.15, 0.2) is 29.6 Å². The van der Waals surface area contributed by atoms with Crippen molar-refractivity contribution >= 4 is 22.9 Å². The highest BCUT2D eigenvalue weighted by molar-refractivity contribution is 7.10. The van der Waals surface area contributed by atoms with Crippen LogP contribution in [0.2, 0.25) is 5.02 Å². The van der Waals surface area contributed by atoms with Crippen molar-refractivity contribution in [3.8, 4) is 0 Å². The second-order valence-corrected chi connectivity index (χ2v) is 4.97. The van der Waals surface area contributed by atoms with Gasteiger partial charge in [0.2, 0.25) is 0 Å². The van der Waals surface area contributed by atoms with E-state index in [4.69, 9.17) is 11.6 Å². The van der Waals surface area contributed by atoms with E-state index in [0.29, 0.717) is 15.5 Å². The van der Waals surface area contributed by atoms with Crippen LogP contribution in [-0.4, -0.2) is 5.11 Å². The van der Waals surface area contributed by atoms with Crippen molar-refractivity contribution in [3.63, 3.8) is 0 Å². The molecular formula is C12H10ClFOS. The molecule has 1 nitrogen and oxygen atoms in total. The average Bonchev–Trinajstić information content (AvgIpc) is 2.67. The maximum Gasteiger partial charge on any atom is 0.129 e. The number of benzene rings is 1. The normalized spacial score (nSPS) is 12.8. The number of hydrogen-bond donors (Lipinski definition) is 1. The number of rotatable bonds is 2. The van der Waals surface area contributed by atoms with Gasteiger partial charge in [-0.25, -0.2) is 4.39 Å². The summed E-state index contributed by atoms with van der Waals surface area (Å²) in [6, 6.07) is 6.34. The van der Waals surface area contributed by atoms with Crippen LogP contribution in [0.1, 0.15) is 22.1 Å². The molecule has 16 heavy (non-hydrogen) atoms. The number of thiophene rings is 1. The van der Waals surface area contributed by atoms with Gasteiger partial charge in [-0.15, -0.1) is 11.3 Å². The predicted octanol–water partition coefficient (Wildman–Crippen LogP) is 3.93. The number of hydrogen-bond acceptors (Lipinski definition) is 2. The number of halogens is 2. The van der Waals surface area contributed by atoms with Gasteiger partial charge in [0.15, 0.2) is 0 Å². The van der Waals surface area contributed by atoms with Crippen molar-refractivity contribution < 1.29 is 9.50 Å². The fraction of sp³-hybridized carbons (Fsp3) is 0.167. The summed E-state index contributed by atoms with van der Waals surface area (Å²) in [7, 11) is 0. The summed E-state index contributed by atoms with van der Waals surface area (Å²) in [5, 5.41) is 12.3. The largest absolute Gasteiger partial charge is 0.383 e. The first-order valence-electron chi connectivity index (χ1n) is 4.76. The van der Waals surface area contributed by atoms with E-state index in [0.717, 1.165) is 5.56 Å². The molecule has 0 saturated carbocycles. The van der Waals surface area contributed by atoms with Gasteiger partial charge in [-0.3, -0.25) is 0 Å². The molecule has 1 unspecified atom stereocenters. The molecule has 0 saturated heterocycles. The molecule has 0 radical (unpaired) electrons. The van der Waals surface area contributed by atoms with Gasteiger partial charge in [0.25, 0.3) is 0 Å². The minimum Gasteiger partial charge on any atom is -0.383 e. The summed E-state index contributed by atoms with van der Waals surface area (Å²) in [4.78, 5) is 0.648. The maximum atomic E-state index is 13.5. The topological polar surface area (TPSA) is 20.2 Å². The van der Waals surface area contributed by atoms with Gasteiger partial charge in [0.05, 0.1) is 5.02 Å². The molecule has 1 aromatic carbocycles. The van der Waals surface area contributed by atoms with Crippen LogP contribution in [0.4, 0.5) is 4.39 Å². The monoisotopic (exact) mass is 256 g/mol. The van der Waals surface area contributed by atoms with E-state index < -0.39 is 11.9 Å². The molecule has 84 valence electrons. The van der Waals surface area contributed by atoms with E-state index in [1.165, 1.54) is 17.4 Å². The van der Waals surface area contributed by atoms with E-state index >= 15 is 0 Å². The molecule has 0 spiro atoms. The lowest BCUT2D eigenvalue weighted by Gasteiger charge is -2.10. The Kier molecular flexibility index (Phi) is 3.28. The fourth-order valence-electron chi connectivity index (χ4n) is 1.50. The Hall–Kier alpha value is -0.900. The Morgan fingerprint density at radius 1 is 1.38 bits per heavy atom. The smallest absolute Gasteiger partial charge is 0.129 e. The first-order valence-corrected chi connectivity index (χ1v) is 6.02. The SMILES string of the molecule is Cc1ccc(F)c(C(O)c2cc(Cl)cs2)c1. The zero-order valence-corrected chi connectivity index (χ0v) is 10.1. The van der Waals surface area contributed by atoms with Gasteiger partial charge in [-0.1, -0.05) is 29.3 Å². The highest BCUT2D eigenvalue weighted by Crippen LogP contribution is 2.31. The highest BCUT2D eigenvalue weighted by atomic mass is 35.5. The fourth-order valence-corrected chi connectivity index (χ4v) is 2.58. The lowest BCUT2D eigenvalue weighted by Crippen LogP contribution is -2.00. The third kappa shape index (κ3) is 2.26. The van der Waals surface area contributed by atoms with E-state index in [1.54, 1.807) is 23.6 Å². The number of aliphatic hydroxyl groups is 1. The van der Waals surface area contributed by atoms with E-state index in [-0.39, 0.29) is 0 Å². The quantitative estimate of drug-likeness (QED) is 0.863. The van der Waals surface area contributed by atoms with Crippen molar-refractivity contribution in [3.05, 3.63) is 56.5 Å². The van der Waals surface area contributed by atoms with Crippen LogP contribution in [0.25, 0.3) is 0 Å². The molecule has 0 aliphatic carbocycles. The Bertz CT molecular complexity index is 509. The predicted molar refractivity (Wildman–Crippen MR) is 64.5 cm³/mol. The molecule has 0 fully saturated rings. The van der Waals surface area contributed by atoms with Gasteiger partial charge < -0.3 is 5.11 Å². The van der Waals surface area contributed by atoms with Gasteiger partial charge >= 0.3 is 0 Å². The first-order chi connectivity index (χ1) is 7.58. The average molecular weight is 257 g/mol. The molecule has 1 N–H and O–H groups in total. The van der Waals surface area contributed by atoms with Crippen molar-refractivity contribution in [2.24, 2.45) is 0 Å². The number of aryl methyl sites for hydroxylation is 1. The van der Waals surface area contributed by atoms with Crippen LogP contribution in [0.3, 0.4) is 0 Å². The molecule has 0 bridgehead atoms. The van der Waals surface area contributed by atoms with Crippen molar-refractivity contribution in [2.75, 3.05) is 0 Å². The first kappa shape index (κ1) is 11.6. The molecule has 4 heteroatoms. The summed E-state index contributed by atoms with van der Waals surface area (Å²) in [6.07, 6.45) is -0.947. The minimum absolute atomic E-state index is 0.290. The molecule has 0 amide bonds. The second kappa shape index (κ2) is 4.53. The molecular weight excluding hydrogens is 247 g/mol. The molecule has 2 rings (SSSR count). The third-order valence-corrected chi connectivity index (χ3v) is 3.64. The van der Waals surface area contributed by atoms with Crippen LogP contribution in [0.5, 0.6) is 0 Å². The van der Waals surface area contributed by atoms with E-state index in [9.17, 15) is 9.50 Å². The van der Waals surface area contributed by atoms with Gasteiger partial charge in [0, 0.05) is 15.8 Å². The van der Waals surface area contributed by atoms with Crippen LogP contribution in [0, 0.1) is 12.7 Å². The Morgan fingerprint density at radius 3 is 2.75 bits per heavy atom. The third-order valence-electron chi connectivity index (χ3n) is 2.30. The van der Waals surface area contributed by atoms with Crippen LogP contribution in [-0.2, 0) is 0 Å². The maximum absolute atomic E-state index is 13.5. The van der Waals surface area contributed by atoms with Crippen molar-refractivity contribution in [2.45, 2.75) is 13.0 Å². The Labute approximate surface area is 102 Å². The standard InChI is InChI=1S/C12H10ClFOS/c1-7-2-3-10(14)9(4-7)12(15)11-5-8(13)6-16-11/h2-6,12,15H,1H3. The highest BCUT2D eigenvalue weighted by Gasteiger charge is 2.16. The number of aliphatic hydroxyl groups excluding tert-OH is 1. The zero-order valence-electron chi connectivity index (χ0n) is 8.58. The van der Waals surface area contributed by atoms with E-state index in [2.05, 4.69) is 0 Å². The summed E-state index contributed by atoms with van der Waals surface area (Å²) >= 11 is 7.09. The summed E-state index contributed by atoms with van der Waals surface area (Å²) in [6.45, 7) is 1.86. The molecule has 1 heterocycles. The molecule has 1 atom stereocenters. The minimum atomic E-state index is -0.947.